The summed E-state index contributed by atoms with van der Waals surface area (Å²) in [4.78, 5) is 15.8. The number of rotatable bonds is 2. The number of aromatic nitrogens is 2. The number of ketones is 1. The molecule has 5 heteroatoms. The number of benzene rings is 1. The van der Waals surface area contributed by atoms with Gasteiger partial charge < -0.3 is 10.3 Å². The summed E-state index contributed by atoms with van der Waals surface area (Å²) in [5, 5.41) is 0. The highest BCUT2D eigenvalue weighted by Gasteiger charge is 2.17. The highest BCUT2D eigenvalue weighted by molar-refractivity contribution is 6.07. The first-order valence-electron chi connectivity index (χ1n) is 4.66. The maximum atomic E-state index is 13.5. The Balaban J connectivity index is 2.46. The van der Waals surface area contributed by atoms with Gasteiger partial charge in [0.25, 0.3) is 0 Å². The van der Waals surface area contributed by atoms with Gasteiger partial charge in [0.1, 0.15) is 5.82 Å². The number of hydrogen-bond donors (Lipinski definition) is 1. The molecule has 1 aromatic heterocycles. The molecule has 0 radical (unpaired) electrons. The van der Waals surface area contributed by atoms with E-state index in [1.54, 1.807) is 13.2 Å². The summed E-state index contributed by atoms with van der Waals surface area (Å²) in [6.07, 6.45) is 3.12. The van der Waals surface area contributed by atoms with Gasteiger partial charge in [-0.2, -0.15) is 0 Å². The lowest BCUT2D eigenvalue weighted by molar-refractivity contribution is 0.102. The smallest absolute Gasteiger partial charge is 0.231 e. The second-order valence-corrected chi connectivity index (χ2v) is 3.43. The number of carbonyl (C=O) groups is 1. The monoisotopic (exact) mass is 219 g/mol. The van der Waals surface area contributed by atoms with E-state index in [0.29, 0.717) is 0 Å². The Morgan fingerprint density at radius 1 is 1.50 bits per heavy atom. The number of imidazole rings is 1. The Kier molecular flexibility index (Phi) is 2.44. The van der Waals surface area contributed by atoms with Crippen molar-refractivity contribution in [3.05, 3.63) is 47.8 Å². The van der Waals surface area contributed by atoms with E-state index >= 15 is 0 Å². The molecular formula is C11H10FN3O. The molecule has 2 aromatic rings. The van der Waals surface area contributed by atoms with Gasteiger partial charge in [-0.3, -0.25) is 4.79 Å². The Morgan fingerprint density at radius 2 is 2.25 bits per heavy atom. The first kappa shape index (κ1) is 10.4. The highest BCUT2D eigenvalue weighted by atomic mass is 19.1. The van der Waals surface area contributed by atoms with E-state index in [9.17, 15) is 9.18 Å². The van der Waals surface area contributed by atoms with Crippen molar-refractivity contribution in [3.8, 4) is 0 Å². The van der Waals surface area contributed by atoms with Gasteiger partial charge in [0.05, 0.1) is 5.56 Å². The van der Waals surface area contributed by atoms with Crippen LogP contribution in [0.25, 0.3) is 0 Å². The molecule has 0 spiro atoms. The number of aryl methyl sites for hydroxylation is 1. The molecule has 82 valence electrons. The fraction of sp³-hybridized carbons (Fsp3) is 0.0909. The van der Waals surface area contributed by atoms with Crippen LogP contribution in [0.4, 0.5) is 10.1 Å². The second-order valence-electron chi connectivity index (χ2n) is 3.43. The number of hydrogen-bond acceptors (Lipinski definition) is 3. The summed E-state index contributed by atoms with van der Waals surface area (Å²) in [6.45, 7) is 0. The van der Waals surface area contributed by atoms with Gasteiger partial charge in [-0.1, -0.05) is 0 Å². The van der Waals surface area contributed by atoms with Crippen LogP contribution in [0.3, 0.4) is 0 Å². The van der Waals surface area contributed by atoms with Gasteiger partial charge in [0.15, 0.2) is 5.82 Å². The van der Waals surface area contributed by atoms with Crippen LogP contribution in [-0.2, 0) is 7.05 Å². The lowest BCUT2D eigenvalue weighted by atomic mass is 10.1. The number of nitrogens with zero attached hydrogens (tertiary/aromatic N) is 2. The first-order chi connectivity index (χ1) is 7.59. The van der Waals surface area contributed by atoms with E-state index in [4.69, 9.17) is 5.73 Å². The Morgan fingerprint density at radius 3 is 2.81 bits per heavy atom. The lowest BCUT2D eigenvalue weighted by Crippen LogP contribution is -2.10. The summed E-state index contributed by atoms with van der Waals surface area (Å²) in [6, 6.07) is 3.97. The molecule has 0 saturated heterocycles. The van der Waals surface area contributed by atoms with Crippen LogP contribution in [0, 0.1) is 5.82 Å². The van der Waals surface area contributed by atoms with Crippen molar-refractivity contribution in [1.82, 2.24) is 9.55 Å². The molecule has 0 unspecified atom stereocenters. The summed E-state index contributed by atoms with van der Waals surface area (Å²) < 4.78 is 15.0. The molecule has 4 nitrogen and oxygen atoms in total. The van der Waals surface area contributed by atoms with Crippen LogP contribution in [0.1, 0.15) is 16.2 Å². The zero-order valence-electron chi connectivity index (χ0n) is 8.64. The first-order valence-corrected chi connectivity index (χ1v) is 4.66. The van der Waals surface area contributed by atoms with Crippen molar-refractivity contribution in [2.45, 2.75) is 0 Å². The third kappa shape index (κ3) is 1.67. The summed E-state index contributed by atoms with van der Waals surface area (Å²) in [5.74, 6) is -0.887. The molecular weight excluding hydrogens is 209 g/mol. The van der Waals surface area contributed by atoms with Crippen molar-refractivity contribution in [3.63, 3.8) is 0 Å². The van der Waals surface area contributed by atoms with Crippen molar-refractivity contribution in [2.24, 2.45) is 7.05 Å². The third-order valence-electron chi connectivity index (χ3n) is 2.26. The van der Waals surface area contributed by atoms with E-state index in [-0.39, 0.29) is 17.1 Å². The van der Waals surface area contributed by atoms with E-state index in [0.717, 1.165) is 6.07 Å². The number of halogens is 1. The predicted molar refractivity (Wildman–Crippen MR) is 57.5 cm³/mol. The Bertz CT molecular complexity index is 548. The van der Waals surface area contributed by atoms with Gasteiger partial charge in [0.2, 0.25) is 5.78 Å². The second kappa shape index (κ2) is 3.77. The predicted octanol–water partition coefficient (Wildman–Crippen LogP) is 1.37. The zero-order valence-corrected chi connectivity index (χ0v) is 8.64. The van der Waals surface area contributed by atoms with Gasteiger partial charge >= 0.3 is 0 Å². The normalized spacial score (nSPS) is 10.4. The molecule has 0 aliphatic rings. The molecule has 16 heavy (non-hydrogen) atoms. The van der Waals surface area contributed by atoms with Crippen LogP contribution < -0.4 is 5.73 Å². The molecule has 0 fully saturated rings. The molecule has 0 saturated carbocycles. The van der Waals surface area contributed by atoms with Crippen LogP contribution in [-0.4, -0.2) is 15.3 Å². The number of nitrogen functional groups attached to an aromatic ring is 1. The molecule has 1 heterocycles. The quantitative estimate of drug-likeness (QED) is 0.613. The van der Waals surface area contributed by atoms with E-state index in [2.05, 4.69) is 4.98 Å². The summed E-state index contributed by atoms with van der Waals surface area (Å²) >= 11 is 0. The largest absolute Gasteiger partial charge is 0.399 e. The van der Waals surface area contributed by atoms with Crippen molar-refractivity contribution in [2.75, 3.05) is 5.73 Å². The van der Waals surface area contributed by atoms with Gasteiger partial charge in [-0.05, 0) is 18.2 Å². The van der Waals surface area contributed by atoms with Crippen LogP contribution in [0.2, 0.25) is 0 Å². The Hall–Kier alpha value is -2.17. The van der Waals surface area contributed by atoms with Crippen molar-refractivity contribution >= 4 is 11.5 Å². The Labute approximate surface area is 91.5 Å². The van der Waals surface area contributed by atoms with Crippen molar-refractivity contribution < 1.29 is 9.18 Å². The number of carbonyl (C=O) groups excluding carboxylic acids is 1. The molecule has 0 aliphatic carbocycles. The van der Waals surface area contributed by atoms with Crippen LogP contribution in [0.5, 0.6) is 0 Å². The van der Waals surface area contributed by atoms with Gasteiger partial charge in [-0.25, -0.2) is 9.37 Å². The fourth-order valence-electron chi connectivity index (χ4n) is 1.42. The third-order valence-corrected chi connectivity index (χ3v) is 2.26. The van der Waals surface area contributed by atoms with Crippen molar-refractivity contribution in [1.29, 1.82) is 0 Å². The standard InChI is InChI=1S/C11H10FN3O/c1-15-5-4-14-11(15)10(16)8-3-2-7(13)6-9(8)12/h2-6H,13H2,1H3. The molecule has 0 amide bonds. The summed E-state index contributed by atoms with van der Waals surface area (Å²) in [7, 11) is 1.68. The zero-order chi connectivity index (χ0) is 11.7. The fourth-order valence-corrected chi connectivity index (χ4v) is 1.42. The van der Waals surface area contributed by atoms with Gasteiger partial charge in [-0.15, -0.1) is 0 Å². The average molecular weight is 219 g/mol. The maximum absolute atomic E-state index is 13.5. The van der Waals surface area contributed by atoms with Crippen LogP contribution in [0.15, 0.2) is 30.6 Å². The maximum Gasteiger partial charge on any atom is 0.231 e. The van der Waals surface area contributed by atoms with E-state index < -0.39 is 11.6 Å². The number of anilines is 1. The minimum Gasteiger partial charge on any atom is -0.399 e. The number of nitrogens with two attached hydrogens (primary N) is 1. The SMILES string of the molecule is Cn1ccnc1C(=O)c1ccc(N)cc1F. The molecule has 0 aliphatic heterocycles. The van der Waals surface area contributed by atoms with E-state index in [1.807, 2.05) is 0 Å². The minimum absolute atomic E-state index is 0.0245. The molecule has 1 aromatic carbocycles. The van der Waals surface area contributed by atoms with Gasteiger partial charge in [0, 0.05) is 25.1 Å². The highest BCUT2D eigenvalue weighted by Crippen LogP contribution is 2.15. The summed E-state index contributed by atoms with van der Waals surface area (Å²) in [5.41, 5.74) is 5.67. The van der Waals surface area contributed by atoms with Crippen LogP contribution >= 0.6 is 0 Å². The molecule has 0 atom stereocenters. The molecule has 0 bridgehead atoms. The minimum atomic E-state index is -0.631. The van der Waals surface area contributed by atoms with E-state index in [1.165, 1.54) is 22.9 Å². The topological polar surface area (TPSA) is 60.9 Å². The lowest BCUT2D eigenvalue weighted by Gasteiger charge is -2.03. The average Bonchev–Trinajstić information content (AvgIpc) is 2.63. The molecule has 2 N–H and O–H groups in total. The molecule has 2 rings (SSSR count).